The number of halogens is 2. The van der Waals surface area contributed by atoms with E-state index < -0.39 is 0 Å². The summed E-state index contributed by atoms with van der Waals surface area (Å²) >= 11 is 9.85. The van der Waals surface area contributed by atoms with Crippen molar-refractivity contribution in [3.05, 3.63) is 63.1 Å². The first-order valence-corrected chi connectivity index (χ1v) is 8.10. The van der Waals surface area contributed by atoms with E-state index in [2.05, 4.69) is 39.4 Å². The number of methoxy groups -OCH3 is 1. The van der Waals surface area contributed by atoms with Gasteiger partial charge in [-0.3, -0.25) is 0 Å². The molecule has 0 spiro atoms. The van der Waals surface area contributed by atoms with Gasteiger partial charge >= 0.3 is 0 Å². The molecule has 4 heteroatoms. The van der Waals surface area contributed by atoms with Crippen molar-refractivity contribution in [1.29, 1.82) is 0 Å². The summed E-state index contributed by atoms with van der Waals surface area (Å²) in [5.74, 6) is 0.901. The number of ether oxygens (including phenoxy) is 1. The fraction of sp³-hybridized carbons (Fsp3) is 0.294. The van der Waals surface area contributed by atoms with Gasteiger partial charge in [-0.25, -0.2) is 0 Å². The molecule has 0 aliphatic carbocycles. The summed E-state index contributed by atoms with van der Waals surface area (Å²) < 4.78 is 6.65. The fourth-order valence-electron chi connectivity index (χ4n) is 2.98. The molecule has 1 heterocycles. The normalized spacial score (nSPS) is 16.3. The average molecular weight is 367 g/mol. The van der Waals surface area contributed by atoms with Crippen molar-refractivity contribution >= 4 is 27.5 Å². The molecule has 0 bridgehead atoms. The Kier molecular flexibility index (Phi) is 4.25. The van der Waals surface area contributed by atoms with E-state index in [0.29, 0.717) is 0 Å². The summed E-state index contributed by atoms with van der Waals surface area (Å²) in [6.07, 6.45) is 0.909. The maximum atomic E-state index is 6.16. The minimum Gasteiger partial charge on any atom is -0.496 e. The van der Waals surface area contributed by atoms with Crippen LogP contribution in [0, 0.1) is 0 Å². The van der Waals surface area contributed by atoms with Gasteiger partial charge in [0, 0.05) is 28.0 Å². The van der Waals surface area contributed by atoms with E-state index in [4.69, 9.17) is 16.3 Å². The van der Waals surface area contributed by atoms with Crippen molar-refractivity contribution in [3.8, 4) is 5.75 Å². The van der Waals surface area contributed by atoms with Crippen LogP contribution >= 0.6 is 27.5 Å². The van der Waals surface area contributed by atoms with Crippen molar-refractivity contribution in [2.75, 3.05) is 20.2 Å². The Morgan fingerprint density at radius 3 is 2.62 bits per heavy atom. The highest BCUT2D eigenvalue weighted by molar-refractivity contribution is 9.10. The summed E-state index contributed by atoms with van der Waals surface area (Å²) in [7, 11) is 1.71. The van der Waals surface area contributed by atoms with Crippen molar-refractivity contribution in [2.24, 2.45) is 0 Å². The maximum Gasteiger partial charge on any atom is 0.122 e. The SMILES string of the molecule is COc1ccc(Cl)cc1CC1(c2ccccc2Br)CNC1. The van der Waals surface area contributed by atoms with Crippen molar-refractivity contribution in [3.63, 3.8) is 0 Å². The van der Waals surface area contributed by atoms with Crippen molar-refractivity contribution in [2.45, 2.75) is 11.8 Å². The van der Waals surface area contributed by atoms with Crippen LogP contribution in [0.15, 0.2) is 46.9 Å². The molecule has 1 aliphatic heterocycles. The van der Waals surface area contributed by atoms with E-state index in [1.807, 2.05) is 24.3 Å². The minimum absolute atomic E-state index is 0.0953. The monoisotopic (exact) mass is 365 g/mol. The summed E-state index contributed by atoms with van der Waals surface area (Å²) in [4.78, 5) is 0. The summed E-state index contributed by atoms with van der Waals surface area (Å²) in [6.45, 7) is 1.93. The van der Waals surface area contributed by atoms with Gasteiger partial charge in [-0.05, 0) is 41.8 Å². The van der Waals surface area contributed by atoms with Crippen molar-refractivity contribution in [1.82, 2.24) is 5.32 Å². The highest BCUT2D eigenvalue weighted by Crippen LogP contribution is 2.39. The highest BCUT2D eigenvalue weighted by Gasteiger charge is 2.40. The van der Waals surface area contributed by atoms with Crippen LogP contribution in [0.4, 0.5) is 0 Å². The molecule has 1 aliphatic rings. The highest BCUT2D eigenvalue weighted by atomic mass is 79.9. The zero-order valence-electron chi connectivity index (χ0n) is 11.8. The quantitative estimate of drug-likeness (QED) is 0.876. The third kappa shape index (κ3) is 2.83. The summed E-state index contributed by atoms with van der Waals surface area (Å²) in [5, 5.41) is 4.16. The first-order valence-electron chi connectivity index (χ1n) is 6.93. The lowest BCUT2D eigenvalue weighted by atomic mass is 9.71. The molecule has 3 rings (SSSR count). The molecule has 21 heavy (non-hydrogen) atoms. The first kappa shape index (κ1) is 14.9. The van der Waals surface area contributed by atoms with Gasteiger partial charge in [0.2, 0.25) is 0 Å². The molecule has 2 aromatic carbocycles. The van der Waals surface area contributed by atoms with E-state index in [-0.39, 0.29) is 5.41 Å². The lowest BCUT2D eigenvalue weighted by Crippen LogP contribution is -2.58. The van der Waals surface area contributed by atoms with Gasteiger partial charge < -0.3 is 10.1 Å². The van der Waals surface area contributed by atoms with Crippen LogP contribution in [-0.2, 0) is 11.8 Å². The molecule has 2 nitrogen and oxygen atoms in total. The number of rotatable bonds is 4. The van der Waals surface area contributed by atoms with Gasteiger partial charge in [-0.15, -0.1) is 0 Å². The predicted molar refractivity (Wildman–Crippen MR) is 90.4 cm³/mol. The number of benzene rings is 2. The molecule has 1 fully saturated rings. The van der Waals surface area contributed by atoms with Crippen molar-refractivity contribution < 1.29 is 4.74 Å². The molecule has 1 saturated heterocycles. The molecule has 1 N–H and O–H groups in total. The van der Waals surface area contributed by atoms with Crippen LogP contribution in [0.5, 0.6) is 5.75 Å². The zero-order chi connectivity index (χ0) is 14.9. The van der Waals surface area contributed by atoms with Crippen LogP contribution in [0.25, 0.3) is 0 Å². The smallest absolute Gasteiger partial charge is 0.122 e. The molecule has 0 aromatic heterocycles. The Labute approximate surface area is 138 Å². The molecule has 0 unspecified atom stereocenters. The zero-order valence-corrected chi connectivity index (χ0v) is 14.2. The molecule has 0 amide bonds. The van der Waals surface area contributed by atoms with Crippen LogP contribution in [0.1, 0.15) is 11.1 Å². The summed E-state index contributed by atoms with van der Waals surface area (Å²) in [6, 6.07) is 14.3. The van der Waals surface area contributed by atoms with E-state index in [0.717, 1.165) is 40.3 Å². The first-order chi connectivity index (χ1) is 10.1. The Morgan fingerprint density at radius 1 is 1.24 bits per heavy atom. The third-order valence-electron chi connectivity index (χ3n) is 4.14. The summed E-state index contributed by atoms with van der Waals surface area (Å²) in [5.41, 5.74) is 2.59. The molecule has 0 saturated carbocycles. The fourth-order valence-corrected chi connectivity index (χ4v) is 3.88. The number of nitrogens with one attached hydrogen (secondary N) is 1. The topological polar surface area (TPSA) is 21.3 Å². The van der Waals surface area contributed by atoms with Gasteiger partial charge in [0.15, 0.2) is 0 Å². The van der Waals surface area contributed by atoms with Gasteiger partial charge in [-0.2, -0.15) is 0 Å². The van der Waals surface area contributed by atoms with E-state index >= 15 is 0 Å². The van der Waals surface area contributed by atoms with Crippen LogP contribution in [0.3, 0.4) is 0 Å². The lowest BCUT2D eigenvalue weighted by molar-refractivity contribution is 0.270. The second-order valence-electron chi connectivity index (χ2n) is 5.50. The van der Waals surface area contributed by atoms with Gasteiger partial charge in [0.1, 0.15) is 5.75 Å². The van der Waals surface area contributed by atoms with Gasteiger partial charge in [-0.1, -0.05) is 45.7 Å². The molecule has 110 valence electrons. The van der Waals surface area contributed by atoms with Crippen LogP contribution < -0.4 is 10.1 Å². The molecular weight excluding hydrogens is 350 g/mol. The Morgan fingerprint density at radius 2 is 2.00 bits per heavy atom. The van der Waals surface area contributed by atoms with E-state index in [9.17, 15) is 0 Å². The molecule has 2 aromatic rings. The largest absolute Gasteiger partial charge is 0.496 e. The Hall–Kier alpha value is -1.03. The maximum absolute atomic E-state index is 6.16. The molecule has 0 radical (unpaired) electrons. The Balaban J connectivity index is 1.99. The van der Waals surface area contributed by atoms with Gasteiger partial charge in [0.25, 0.3) is 0 Å². The average Bonchev–Trinajstić information content (AvgIpc) is 2.44. The Bertz CT molecular complexity index is 655. The predicted octanol–water partition coefficient (Wildman–Crippen LogP) is 4.19. The number of hydrogen-bond acceptors (Lipinski definition) is 2. The van der Waals surface area contributed by atoms with Crippen LogP contribution in [0.2, 0.25) is 5.02 Å². The van der Waals surface area contributed by atoms with E-state index in [1.165, 1.54) is 5.56 Å². The standard InChI is InChI=1S/C17H17BrClNO/c1-21-16-7-6-13(19)8-12(16)9-17(10-20-11-17)14-4-2-3-5-15(14)18/h2-8,20H,9-11H2,1H3. The second kappa shape index (κ2) is 5.99. The molecular formula is C17H17BrClNO. The van der Waals surface area contributed by atoms with Gasteiger partial charge in [0.05, 0.1) is 7.11 Å². The number of hydrogen-bond donors (Lipinski definition) is 1. The van der Waals surface area contributed by atoms with E-state index in [1.54, 1.807) is 7.11 Å². The van der Waals surface area contributed by atoms with Crippen LogP contribution in [-0.4, -0.2) is 20.2 Å². The minimum atomic E-state index is 0.0953. The lowest BCUT2D eigenvalue weighted by Gasteiger charge is -2.44. The third-order valence-corrected chi connectivity index (χ3v) is 5.07. The second-order valence-corrected chi connectivity index (χ2v) is 6.79. The molecule has 0 atom stereocenters.